The van der Waals surface area contributed by atoms with Crippen LogP contribution < -0.4 is 10.1 Å². The number of benzene rings is 2. The first-order valence-electron chi connectivity index (χ1n) is 6.68. The second-order valence-electron chi connectivity index (χ2n) is 4.69. The Kier molecular flexibility index (Phi) is 3.93. The lowest BCUT2D eigenvalue weighted by atomic mass is 10.1. The highest BCUT2D eigenvalue weighted by atomic mass is 35.5. The predicted octanol–water partition coefficient (Wildman–Crippen LogP) is 4.51. The molecule has 0 amide bonds. The van der Waals surface area contributed by atoms with Gasteiger partial charge in [0.05, 0.1) is 18.3 Å². The number of methoxy groups -OCH3 is 1. The van der Waals surface area contributed by atoms with E-state index < -0.39 is 0 Å². The Hall–Kier alpha value is -2.26. The van der Waals surface area contributed by atoms with Crippen LogP contribution in [0.2, 0.25) is 5.02 Å². The molecular weight excluding hydrogens is 284 g/mol. The van der Waals surface area contributed by atoms with Gasteiger partial charge in [0, 0.05) is 23.2 Å². The number of pyridine rings is 1. The van der Waals surface area contributed by atoms with E-state index in [1.807, 2.05) is 48.7 Å². The average molecular weight is 299 g/mol. The van der Waals surface area contributed by atoms with Gasteiger partial charge in [-0.25, -0.2) is 0 Å². The van der Waals surface area contributed by atoms with Gasteiger partial charge >= 0.3 is 0 Å². The Labute approximate surface area is 128 Å². The minimum absolute atomic E-state index is 0.679. The van der Waals surface area contributed by atoms with E-state index in [9.17, 15) is 0 Å². The Balaban J connectivity index is 1.89. The molecule has 1 N–H and O–H groups in total. The second kappa shape index (κ2) is 6.02. The minimum atomic E-state index is 0.679. The molecule has 3 rings (SSSR count). The molecule has 0 aliphatic rings. The number of nitrogens with zero attached hydrogens (tertiary/aromatic N) is 1. The molecule has 0 saturated carbocycles. The molecule has 3 nitrogen and oxygen atoms in total. The van der Waals surface area contributed by atoms with Crippen LogP contribution >= 0.6 is 11.6 Å². The normalized spacial score (nSPS) is 10.6. The quantitative estimate of drug-likeness (QED) is 0.769. The van der Waals surface area contributed by atoms with Crippen molar-refractivity contribution in [2.75, 3.05) is 12.4 Å². The number of para-hydroxylation sites is 1. The van der Waals surface area contributed by atoms with Crippen LogP contribution in [-0.4, -0.2) is 12.1 Å². The molecule has 1 aromatic heterocycles. The third-order valence-electron chi connectivity index (χ3n) is 3.37. The maximum absolute atomic E-state index is 6.05. The Morgan fingerprint density at radius 1 is 1.14 bits per heavy atom. The van der Waals surface area contributed by atoms with Gasteiger partial charge in [0.25, 0.3) is 0 Å². The van der Waals surface area contributed by atoms with Gasteiger partial charge in [0.1, 0.15) is 5.75 Å². The number of ether oxygens (including phenoxy) is 1. The van der Waals surface area contributed by atoms with E-state index in [1.54, 1.807) is 7.11 Å². The first-order valence-corrected chi connectivity index (χ1v) is 7.06. The highest BCUT2D eigenvalue weighted by molar-refractivity contribution is 6.30. The molecule has 21 heavy (non-hydrogen) atoms. The van der Waals surface area contributed by atoms with E-state index in [4.69, 9.17) is 16.3 Å². The zero-order valence-corrected chi connectivity index (χ0v) is 12.4. The number of aromatic nitrogens is 1. The van der Waals surface area contributed by atoms with E-state index in [0.717, 1.165) is 22.3 Å². The largest absolute Gasteiger partial charge is 0.495 e. The molecule has 3 aromatic rings. The van der Waals surface area contributed by atoms with E-state index >= 15 is 0 Å². The summed E-state index contributed by atoms with van der Waals surface area (Å²) in [7, 11) is 1.65. The summed E-state index contributed by atoms with van der Waals surface area (Å²) in [6.07, 6.45) is 1.83. The van der Waals surface area contributed by atoms with E-state index in [1.165, 1.54) is 5.56 Å². The van der Waals surface area contributed by atoms with E-state index in [0.29, 0.717) is 11.6 Å². The highest BCUT2D eigenvalue weighted by Crippen LogP contribution is 2.28. The lowest BCUT2D eigenvalue weighted by molar-refractivity contribution is 0.416. The molecule has 0 fully saturated rings. The van der Waals surface area contributed by atoms with Crippen LogP contribution in [0.15, 0.2) is 54.7 Å². The van der Waals surface area contributed by atoms with Gasteiger partial charge in [-0.2, -0.15) is 0 Å². The van der Waals surface area contributed by atoms with Crippen LogP contribution in [-0.2, 0) is 6.54 Å². The van der Waals surface area contributed by atoms with Crippen molar-refractivity contribution in [1.82, 2.24) is 4.98 Å². The molecule has 0 bridgehead atoms. The van der Waals surface area contributed by atoms with Gasteiger partial charge in [0.2, 0.25) is 0 Å². The number of fused-ring (bicyclic) bond motifs is 1. The lowest BCUT2D eigenvalue weighted by Crippen LogP contribution is -2.02. The molecule has 4 heteroatoms. The smallest absolute Gasteiger partial charge is 0.142 e. The summed E-state index contributed by atoms with van der Waals surface area (Å²) in [6.45, 7) is 0.680. The first kappa shape index (κ1) is 13.7. The second-order valence-corrected chi connectivity index (χ2v) is 5.12. The van der Waals surface area contributed by atoms with Crippen LogP contribution in [0.25, 0.3) is 10.9 Å². The maximum Gasteiger partial charge on any atom is 0.142 e. The predicted molar refractivity (Wildman–Crippen MR) is 87.1 cm³/mol. The maximum atomic E-state index is 6.05. The fourth-order valence-electron chi connectivity index (χ4n) is 2.32. The number of rotatable bonds is 4. The van der Waals surface area contributed by atoms with Crippen molar-refractivity contribution >= 4 is 28.2 Å². The van der Waals surface area contributed by atoms with Crippen molar-refractivity contribution in [2.45, 2.75) is 6.54 Å². The van der Waals surface area contributed by atoms with Crippen LogP contribution in [0.5, 0.6) is 5.75 Å². The molecular formula is C17H15ClN2O. The summed E-state index contributed by atoms with van der Waals surface area (Å²) in [6, 6.07) is 15.7. The number of hydrogen-bond donors (Lipinski definition) is 1. The van der Waals surface area contributed by atoms with Gasteiger partial charge in [-0.3, -0.25) is 4.98 Å². The van der Waals surface area contributed by atoms with Crippen molar-refractivity contribution < 1.29 is 4.74 Å². The summed E-state index contributed by atoms with van der Waals surface area (Å²) in [5.41, 5.74) is 3.06. The summed E-state index contributed by atoms with van der Waals surface area (Å²) in [5.74, 6) is 0.776. The molecule has 0 saturated heterocycles. The molecule has 106 valence electrons. The zero-order valence-electron chi connectivity index (χ0n) is 11.6. The summed E-state index contributed by atoms with van der Waals surface area (Å²) >= 11 is 6.05. The highest BCUT2D eigenvalue weighted by Gasteiger charge is 2.05. The monoisotopic (exact) mass is 298 g/mol. The molecule has 0 atom stereocenters. The van der Waals surface area contributed by atoms with Gasteiger partial charge in [-0.05, 0) is 35.9 Å². The Morgan fingerprint density at radius 2 is 2.00 bits per heavy atom. The van der Waals surface area contributed by atoms with Crippen molar-refractivity contribution in [3.8, 4) is 5.75 Å². The van der Waals surface area contributed by atoms with E-state index in [2.05, 4.69) is 16.4 Å². The Bertz CT molecular complexity index is 768. The van der Waals surface area contributed by atoms with Crippen LogP contribution in [0, 0.1) is 0 Å². The van der Waals surface area contributed by atoms with Crippen molar-refractivity contribution in [3.05, 3.63) is 65.3 Å². The molecule has 0 spiro atoms. The summed E-state index contributed by atoms with van der Waals surface area (Å²) in [4.78, 5) is 4.37. The molecule has 2 aromatic carbocycles. The Morgan fingerprint density at radius 3 is 2.86 bits per heavy atom. The summed E-state index contributed by atoms with van der Waals surface area (Å²) in [5, 5.41) is 5.20. The van der Waals surface area contributed by atoms with Crippen LogP contribution in [0.3, 0.4) is 0 Å². The number of hydrogen-bond acceptors (Lipinski definition) is 3. The third-order valence-corrected chi connectivity index (χ3v) is 3.61. The zero-order chi connectivity index (χ0) is 14.7. The standard InChI is InChI=1S/C17H15ClN2O/c1-21-17-7-6-13(18)10-16(17)20-11-12-8-9-19-15-5-3-2-4-14(12)15/h2-10,20H,11H2,1H3. The fraction of sp³-hybridized carbons (Fsp3) is 0.118. The first-order chi connectivity index (χ1) is 10.3. The van der Waals surface area contributed by atoms with Crippen LogP contribution in [0.1, 0.15) is 5.56 Å². The third kappa shape index (κ3) is 2.93. The number of halogens is 1. The van der Waals surface area contributed by atoms with Crippen molar-refractivity contribution in [1.29, 1.82) is 0 Å². The molecule has 0 radical (unpaired) electrons. The van der Waals surface area contributed by atoms with Gasteiger partial charge in [-0.15, -0.1) is 0 Å². The van der Waals surface area contributed by atoms with Crippen molar-refractivity contribution in [3.63, 3.8) is 0 Å². The number of nitrogens with one attached hydrogen (secondary N) is 1. The molecule has 0 aliphatic heterocycles. The topological polar surface area (TPSA) is 34.1 Å². The van der Waals surface area contributed by atoms with Gasteiger partial charge in [0.15, 0.2) is 0 Å². The van der Waals surface area contributed by atoms with Crippen LogP contribution in [0.4, 0.5) is 5.69 Å². The fourth-order valence-corrected chi connectivity index (χ4v) is 2.49. The molecule has 1 heterocycles. The minimum Gasteiger partial charge on any atom is -0.495 e. The SMILES string of the molecule is COc1ccc(Cl)cc1NCc1ccnc2ccccc12. The molecule has 0 unspecified atom stereocenters. The average Bonchev–Trinajstić information content (AvgIpc) is 2.53. The van der Waals surface area contributed by atoms with E-state index in [-0.39, 0.29) is 0 Å². The lowest BCUT2D eigenvalue weighted by Gasteiger charge is -2.12. The van der Waals surface area contributed by atoms with Gasteiger partial charge < -0.3 is 10.1 Å². The number of anilines is 1. The molecule has 0 aliphatic carbocycles. The van der Waals surface area contributed by atoms with Crippen molar-refractivity contribution in [2.24, 2.45) is 0 Å². The van der Waals surface area contributed by atoms with Gasteiger partial charge in [-0.1, -0.05) is 29.8 Å². The summed E-state index contributed by atoms with van der Waals surface area (Å²) < 4.78 is 5.34.